The van der Waals surface area contributed by atoms with Crippen molar-refractivity contribution >= 4 is 23.2 Å². The number of rotatable bonds is 2. The topological polar surface area (TPSA) is 0 Å². The minimum Gasteiger partial charge on any atom is -0.0995 e. The lowest BCUT2D eigenvalue weighted by Gasteiger charge is -2.13. The van der Waals surface area contributed by atoms with Crippen LogP contribution in [0.5, 0.6) is 0 Å². The highest BCUT2D eigenvalue weighted by Gasteiger charge is 2.10. The summed E-state index contributed by atoms with van der Waals surface area (Å²) in [4.78, 5) is 0. The highest BCUT2D eigenvalue weighted by Crippen LogP contribution is 2.30. The lowest BCUT2D eigenvalue weighted by atomic mass is 9.95. The van der Waals surface area contributed by atoms with Crippen LogP contribution < -0.4 is 0 Å². The van der Waals surface area contributed by atoms with Crippen molar-refractivity contribution in [3.05, 3.63) is 52.9 Å². The predicted molar refractivity (Wildman–Crippen MR) is 59.4 cm³/mol. The Labute approximate surface area is 89.2 Å². The van der Waals surface area contributed by atoms with Gasteiger partial charge < -0.3 is 0 Å². The third-order valence-electron chi connectivity index (χ3n) is 1.93. The molecule has 0 amide bonds. The Morgan fingerprint density at radius 3 is 2.54 bits per heavy atom. The molecule has 0 heterocycles. The molecule has 0 fully saturated rings. The van der Waals surface area contributed by atoms with Gasteiger partial charge in [-0.25, -0.2) is 0 Å². The van der Waals surface area contributed by atoms with E-state index < -0.39 is 0 Å². The van der Waals surface area contributed by atoms with Gasteiger partial charge in [-0.05, 0) is 37.6 Å². The van der Waals surface area contributed by atoms with Crippen LogP contribution in [0.3, 0.4) is 0 Å². The fraction of sp³-hybridized carbons (Fsp3) is 0.182. The van der Waals surface area contributed by atoms with Crippen molar-refractivity contribution in [3.8, 4) is 0 Å². The molecule has 0 spiro atoms. The monoisotopic (exact) mass is 213 g/mol. The van der Waals surface area contributed by atoms with E-state index in [2.05, 4.69) is 13.5 Å². The lowest BCUT2D eigenvalue weighted by Crippen LogP contribution is -1.95. The summed E-state index contributed by atoms with van der Waals surface area (Å²) in [7, 11) is 0. The van der Waals surface area contributed by atoms with Gasteiger partial charge in [0.05, 0.1) is 0 Å². The van der Waals surface area contributed by atoms with Gasteiger partial charge in [-0.15, -0.1) is 0 Å². The maximum Gasteiger partial charge on any atom is 0.0445 e. The first kappa shape index (κ1) is 10.6. The molecular formula is C11H11Cl2. The molecule has 1 unspecified atom stereocenters. The molecule has 2 heteroatoms. The van der Waals surface area contributed by atoms with Crippen molar-refractivity contribution in [3.63, 3.8) is 0 Å². The highest BCUT2D eigenvalue weighted by molar-refractivity contribution is 6.33. The summed E-state index contributed by atoms with van der Waals surface area (Å²) in [5.74, 6) is 0.00574. The van der Waals surface area contributed by atoms with Crippen LogP contribution in [0.25, 0.3) is 0 Å². The van der Waals surface area contributed by atoms with E-state index in [0.717, 1.165) is 11.1 Å². The molecule has 0 aliphatic rings. The van der Waals surface area contributed by atoms with Gasteiger partial charge in [-0.3, -0.25) is 0 Å². The largest absolute Gasteiger partial charge is 0.0995 e. The van der Waals surface area contributed by atoms with Crippen LogP contribution in [0.4, 0.5) is 0 Å². The van der Waals surface area contributed by atoms with Crippen molar-refractivity contribution in [1.29, 1.82) is 0 Å². The molecule has 0 N–H and O–H groups in total. The summed E-state index contributed by atoms with van der Waals surface area (Å²) >= 11 is 11.8. The standard InChI is InChI=1S/C11H11Cl2/c1-7(2)8(3)10-6-9(12)4-5-11(10)13/h4-6,8H,1,3H2,2H3. The van der Waals surface area contributed by atoms with Gasteiger partial charge in [0.15, 0.2) is 0 Å². The Morgan fingerprint density at radius 2 is 2.00 bits per heavy atom. The molecule has 69 valence electrons. The minimum absolute atomic E-state index is 0.00574. The van der Waals surface area contributed by atoms with Gasteiger partial charge in [-0.2, -0.15) is 0 Å². The number of halogens is 2. The molecule has 0 bridgehead atoms. The molecule has 1 atom stereocenters. The van der Waals surface area contributed by atoms with Crippen molar-refractivity contribution in [1.82, 2.24) is 0 Å². The van der Waals surface area contributed by atoms with Crippen molar-refractivity contribution in [2.45, 2.75) is 12.8 Å². The number of allylic oxidation sites excluding steroid dienone is 1. The van der Waals surface area contributed by atoms with Crippen LogP contribution in [-0.4, -0.2) is 0 Å². The average molecular weight is 214 g/mol. The van der Waals surface area contributed by atoms with E-state index in [-0.39, 0.29) is 5.92 Å². The Hall–Kier alpha value is -0.460. The van der Waals surface area contributed by atoms with Crippen LogP contribution in [0.2, 0.25) is 10.0 Å². The van der Waals surface area contributed by atoms with Crippen molar-refractivity contribution in [2.75, 3.05) is 0 Å². The van der Waals surface area contributed by atoms with Crippen LogP contribution in [0.1, 0.15) is 18.4 Å². The molecule has 1 aromatic rings. The molecule has 0 aliphatic heterocycles. The van der Waals surface area contributed by atoms with Crippen LogP contribution in [0, 0.1) is 6.92 Å². The van der Waals surface area contributed by atoms with E-state index in [1.54, 1.807) is 12.1 Å². The number of benzene rings is 1. The molecule has 0 aromatic heterocycles. The third-order valence-corrected chi connectivity index (χ3v) is 2.51. The van der Waals surface area contributed by atoms with Crippen LogP contribution in [0.15, 0.2) is 30.4 Å². The van der Waals surface area contributed by atoms with Gasteiger partial charge in [0.25, 0.3) is 0 Å². The summed E-state index contributed by atoms with van der Waals surface area (Å²) in [5, 5.41) is 1.36. The number of hydrogen-bond donors (Lipinski definition) is 0. The fourth-order valence-corrected chi connectivity index (χ4v) is 1.48. The van der Waals surface area contributed by atoms with Gasteiger partial charge in [0.1, 0.15) is 0 Å². The van der Waals surface area contributed by atoms with Crippen LogP contribution in [-0.2, 0) is 0 Å². The maximum atomic E-state index is 6.00. The van der Waals surface area contributed by atoms with E-state index in [4.69, 9.17) is 23.2 Å². The molecule has 1 radical (unpaired) electrons. The Kier molecular flexibility index (Phi) is 3.40. The summed E-state index contributed by atoms with van der Waals surface area (Å²) < 4.78 is 0. The van der Waals surface area contributed by atoms with Crippen molar-refractivity contribution < 1.29 is 0 Å². The quantitative estimate of drug-likeness (QED) is 0.636. The van der Waals surface area contributed by atoms with E-state index in [1.165, 1.54) is 0 Å². The average Bonchev–Trinajstić information content (AvgIpc) is 2.08. The molecule has 0 aliphatic carbocycles. The molecule has 0 nitrogen and oxygen atoms in total. The predicted octanol–water partition coefficient (Wildman–Crippen LogP) is 4.49. The molecule has 0 saturated heterocycles. The van der Waals surface area contributed by atoms with Gasteiger partial charge in [-0.1, -0.05) is 35.4 Å². The first-order valence-corrected chi connectivity index (χ1v) is 4.71. The Balaban J connectivity index is 3.12. The molecule has 0 saturated carbocycles. The van der Waals surface area contributed by atoms with E-state index in [1.807, 2.05) is 13.0 Å². The summed E-state index contributed by atoms with van der Waals surface area (Å²) in [5.41, 5.74) is 1.91. The summed E-state index contributed by atoms with van der Waals surface area (Å²) in [6.07, 6.45) is 0. The Morgan fingerprint density at radius 1 is 1.38 bits per heavy atom. The van der Waals surface area contributed by atoms with Gasteiger partial charge in [0, 0.05) is 16.0 Å². The maximum absolute atomic E-state index is 6.00. The highest BCUT2D eigenvalue weighted by atomic mass is 35.5. The lowest BCUT2D eigenvalue weighted by molar-refractivity contribution is 0.994. The molecule has 13 heavy (non-hydrogen) atoms. The second-order valence-electron chi connectivity index (χ2n) is 3.06. The van der Waals surface area contributed by atoms with Crippen LogP contribution >= 0.6 is 23.2 Å². The molecule has 1 rings (SSSR count). The van der Waals surface area contributed by atoms with Gasteiger partial charge >= 0.3 is 0 Å². The third kappa shape index (κ3) is 2.49. The minimum atomic E-state index is 0.00574. The Bertz CT molecular complexity index is 329. The zero-order chi connectivity index (χ0) is 10.0. The summed E-state index contributed by atoms with van der Waals surface area (Å²) in [6, 6.07) is 5.37. The molecular weight excluding hydrogens is 203 g/mol. The summed E-state index contributed by atoms with van der Waals surface area (Å²) in [6.45, 7) is 9.73. The first-order chi connectivity index (χ1) is 6.02. The zero-order valence-electron chi connectivity index (χ0n) is 7.48. The molecule has 1 aromatic carbocycles. The second kappa shape index (κ2) is 4.17. The normalized spacial score (nSPS) is 12.6. The second-order valence-corrected chi connectivity index (χ2v) is 3.91. The fourth-order valence-electron chi connectivity index (χ4n) is 1.05. The zero-order valence-corrected chi connectivity index (χ0v) is 8.99. The van der Waals surface area contributed by atoms with E-state index in [9.17, 15) is 0 Å². The first-order valence-electron chi connectivity index (χ1n) is 3.96. The number of hydrogen-bond acceptors (Lipinski definition) is 0. The SMILES string of the molecule is [CH2]C(C(=C)C)c1cc(Cl)ccc1Cl. The van der Waals surface area contributed by atoms with Gasteiger partial charge in [0.2, 0.25) is 0 Å². The smallest absolute Gasteiger partial charge is 0.0445 e. The van der Waals surface area contributed by atoms with Crippen molar-refractivity contribution in [2.24, 2.45) is 0 Å². The van der Waals surface area contributed by atoms with E-state index in [0.29, 0.717) is 10.0 Å². The van der Waals surface area contributed by atoms with E-state index >= 15 is 0 Å².